The van der Waals surface area contributed by atoms with Crippen LogP contribution < -0.4 is 0 Å². The second kappa shape index (κ2) is 6.73. The molecule has 0 N–H and O–H groups in total. The van der Waals surface area contributed by atoms with E-state index in [4.69, 9.17) is 9.57 Å². The maximum absolute atomic E-state index is 11.7. The number of rotatable bonds is 5. The summed E-state index contributed by atoms with van der Waals surface area (Å²) in [5.74, 6) is -0.518. The Morgan fingerprint density at radius 3 is 2.32 bits per heavy atom. The van der Waals surface area contributed by atoms with Crippen LogP contribution in [0.25, 0.3) is 0 Å². The fraction of sp³-hybridized carbons (Fsp3) is 0.429. The summed E-state index contributed by atoms with van der Waals surface area (Å²) in [5.41, 5.74) is 0.570. The topological polar surface area (TPSA) is 47.9 Å². The minimum atomic E-state index is -0.994. The van der Waals surface area contributed by atoms with Crippen molar-refractivity contribution in [3.05, 3.63) is 29.8 Å². The summed E-state index contributed by atoms with van der Waals surface area (Å²) >= 11 is 1.67. The first-order valence-electron chi connectivity index (χ1n) is 5.86. The van der Waals surface area contributed by atoms with Crippen LogP contribution in [-0.4, -0.2) is 30.6 Å². The molecule has 0 atom stereocenters. The third-order valence-corrected chi connectivity index (χ3v) is 3.52. The second-order valence-electron chi connectivity index (χ2n) is 4.50. The number of hydrogen-bond acceptors (Lipinski definition) is 5. The summed E-state index contributed by atoms with van der Waals surface area (Å²) in [5, 5.41) is 3.84. The third-order valence-electron chi connectivity index (χ3n) is 2.78. The molecule has 0 unspecified atom stereocenters. The van der Waals surface area contributed by atoms with Crippen LogP contribution in [0.5, 0.6) is 0 Å². The zero-order valence-corrected chi connectivity index (χ0v) is 12.7. The van der Waals surface area contributed by atoms with Crippen LogP contribution in [0.4, 0.5) is 0 Å². The van der Waals surface area contributed by atoms with E-state index in [1.807, 2.05) is 30.5 Å². The van der Waals surface area contributed by atoms with Crippen molar-refractivity contribution in [1.29, 1.82) is 0 Å². The summed E-state index contributed by atoms with van der Waals surface area (Å²) in [6.45, 7) is 5.06. The Balaban J connectivity index is 2.74. The lowest BCUT2D eigenvalue weighted by atomic mass is 10.1. The summed E-state index contributed by atoms with van der Waals surface area (Å²) in [6.07, 6.45) is 2.02. The zero-order chi connectivity index (χ0) is 14.5. The Bertz CT molecular complexity index is 466. The van der Waals surface area contributed by atoms with Crippen LogP contribution in [0.3, 0.4) is 0 Å². The quantitative estimate of drug-likeness (QED) is 0.360. The van der Waals surface area contributed by atoms with Crippen LogP contribution in [0.15, 0.2) is 34.3 Å². The predicted molar refractivity (Wildman–Crippen MR) is 77.6 cm³/mol. The number of carbonyl (C=O) groups excluding carboxylic acids is 1. The van der Waals surface area contributed by atoms with Gasteiger partial charge in [-0.05, 0) is 44.7 Å². The largest absolute Gasteiger partial charge is 0.367 e. The molecule has 19 heavy (non-hydrogen) atoms. The van der Waals surface area contributed by atoms with Gasteiger partial charge in [0.15, 0.2) is 5.60 Å². The maximum atomic E-state index is 11.7. The Labute approximate surface area is 118 Å². The Hall–Kier alpha value is -1.33. The van der Waals surface area contributed by atoms with Gasteiger partial charge < -0.3 is 9.57 Å². The fourth-order valence-electron chi connectivity index (χ4n) is 1.19. The highest BCUT2D eigenvalue weighted by Gasteiger charge is 2.29. The standard InChI is InChI=1S/C14H19NO3S/c1-10(11-6-8-12(19-5)9-7-11)15-18-13(16)14(2,3)17-4/h6-9H,1-5H3. The molecule has 0 spiro atoms. The van der Waals surface area contributed by atoms with Crippen molar-refractivity contribution in [2.75, 3.05) is 13.4 Å². The number of ether oxygens (including phenoxy) is 1. The van der Waals surface area contributed by atoms with Gasteiger partial charge in [0.25, 0.3) is 0 Å². The lowest BCUT2D eigenvalue weighted by molar-refractivity contribution is -0.165. The minimum Gasteiger partial charge on any atom is -0.367 e. The van der Waals surface area contributed by atoms with Crippen molar-refractivity contribution >= 4 is 23.4 Å². The molecule has 1 rings (SSSR count). The molecule has 104 valence electrons. The molecule has 0 bridgehead atoms. The first-order chi connectivity index (χ1) is 8.90. The Morgan fingerprint density at radius 2 is 1.84 bits per heavy atom. The number of oxime groups is 1. The van der Waals surface area contributed by atoms with Crippen molar-refractivity contribution in [2.45, 2.75) is 31.3 Å². The molecule has 0 heterocycles. The van der Waals surface area contributed by atoms with Crippen molar-refractivity contribution < 1.29 is 14.4 Å². The molecule has 0 aliphatic carbocycles. The van der Waals surface area contributed by atoms with Gasteiger partial charge in [-0.2, -0.15) is 0 Å². The minimum absolute atomic E-state index is 0.518. The van der Waals surface area contributed by atoms with Gasteiger partial charge in [-0.25, -0.2) is 4.79 Å². The number of carbonyl (C=O) groups is 1. The van der Waals surface area contributed by atoms with E-state index in [2.05, 4.69) is 5.16 Å². The first-order valence-corrected chi connectivity index (χ1v) is 7.09. The highest BCUT2D eigenvalue weighted by Crippen LogP contribution is 2.16. The van der Waals surface area contributed by atoms with Crippen molar-refractivity contribution in [3.8, 4) is 0 Å². The molecule has 4 nitrogen and oxygen atoms in total. The smallest absolute Gasteiger partial charge is 0.365 e. The summed E-state index contributed by atoms with van der Waals surface area (Å²) in [6, 6.07) is 7.89. The van der Waals surface area contributed by atoms with Gasteiger partial charge in [-0.1, -0.05) is 17.3 Å². The number of methoxy groups -OCH3 is 1. The maximum Gasteiger partial charge on any atom is 0.365 e. The average molecular weight is 281 g/mol. The van der Waals surface area contributed by atoms with E-state index in [1.165, 1.54) is 12.0 Å². The molecule has 0 aromatic heterocycles. The van der Waals surface area contributed by atoms with Crippen molar-refractivity contribution in [1.82, 2.24) is 0 Å². The molecule has 0 aliphatic rings. The molecule has 1 aromatic rings. The van der Waals surface area contributed by atoms with Gasteiger partial charge in [0.2, 0.25) is 0 Å². The van der Waals surface area contributed by atoms with E-state index in [0.29, 0.717) is 5.71 Å². The molecular formula is C14H19NO3S. The lowest BCUT2D eigenvalue weighted by Gasteiger charge is -2.18. The Morgan fingerprint density at radius 1 is 1.26 bits per heavy atom. The van der Waals surface area contributed by atoms with E-state index < -0.39 is 11.6 Å². The number of benzene rings is 1. The first kappa shape index (κ1) is 15.7. The van der Waals surface area contributed by atoms with E-state index in [0.717, 1.165) is 5.56 Å². The lowest BCUT2D eigenvalue weighted by Crippen LogP contribution is -2.34. The zero-order valence-electron chi connectivity index (χ0n) is 11.9. The predicted octanol–water partition coefficient (Wildman–Crippen LogP) is 3.10. The van der Waals surface area contributed by atoms with Crippen molar-refractivity contribution in [3.63, 3.8) is 0 Å². The molecule has 5 heteroatoms. The van der Waals surface area contributed by atoms with Gasteiger partial charge in [0.1, 0.15) is 0 Å². The molecule has 0 fully saturated rings. The van der Waals surface area contributed by atoms with E-state index >= 15 is 0 Å². The van der Waals surface area contributed by atoms with E-state index in [1.54, 1.807) is 32.5 Å². The van der Waals surface area contributed by atoms with E-state index in [9.17, 15) is 4.79 Å². The molecule has 0 aliphatic heterocycles. The number of nitrogens with zero attached hydrogens (tertiary/aromatic N) is 1. The van der Waals surface area contributed by atoms with Gasteiger partial charge in [0.05, 0.1) is 5.71 Å². The summed E-state index contributed by atoms with van der Waals surface area (Å²) < 4.78 is 5.02. The van der Waals surface area contributed by atoms with Crippen LogP contribution in [0.2, 0.25) is 0 Å². The molecular weight excluding hydrogens is 262 g/mol. The highest BCUT2D eigenvalue weighted by atomic mass is 32.2. The van der Waals surface area contributed by atoms with Gasteiger partial charge in [0, 0.05) is 12.0 Å². The highest BCUT2D eigenvalue weighted by molar-refractivity contribution is 7.98. The molecule has 0 radical (unpaired) electrons. The van der Waals surface area contributed by atoms with Crippen LogP contribution in [0.1, 0.15) is 26.3 Å². The normalized spacial score (nSPS) is 12.4. The number of thioether (sulfide) groups is 1. The molecule has 0 saturated carbocycles. The van der Waals surface area contributed by atoms with Crippen LogP contribution >= 0.6 is 11.8 Å². The summed E-state index contributed by atoms with van der Waals surface area (Å²) in [7, 11) is 1.46. The molecule has 0 saturated heterocycles. The van der Waals surface area contributed by atoms with Gasteiger partial charge in [-0.3, -0.25) is 0 Å². The second-order valence-corrected chi connectivity index (χ2v) is 5.38. The SMILES string of the molecule is COC(C)(C)C(=O)ON=C(C)c1ccc(SC)cc1. The Kier molecular flexibility index (Phi) is 5.57. The van der Waals surface area contributed by atoms with Crippen LogP contribution in [-0.2, 0) is 14.4 Å². The molecule has 1 aromatic carbocycles. The van der Waals surface area contributed by atoms with Gasteiger partial charge in [-0.15, -0.1) is 11.8 Å². The van der Waals surface area contributed by atoms with Crippen LogP contribution in [0, 0.1) is 0 Å². The summed E-state index contributed by atoms with van der Waals surface area (Å²) in [4.78, 5) is 17.7. The average Bonchev–Trinajstić information content (AvgIpc) is 2.44. The molecule has 0 amide bonds. The monoisotopic (exact) mass is 281 g/mol. The van der Waals surface area contributed by atoms with Gasteiger partial charge >= 0.3 is 5.97 Å². The van der Waals surface area contributed by atoms with E-state index in [-0.39, 0.29) is 0 Å². The van der Waals surface area contributed by atoms with Crippen molar-refractivity contribution in [2.24, 2.45) is 5.16 Å². The number of hydrogen-bond donors (Lipinski definition) is 0. The third kappa shape index (κ3) is 4.36. The fourth-order valence-corrected chi connectivity index (χ4v) is 1.60.